The summed E-state index contributed by atoms with van der Waals surface area (Å²) < 4.78 is 5.14. The van der Waals surface area contributed by atoms with E-state index in [1.54, 1.807) is 12.4 Å². The molecule has 3 aromatic rings. The number of aryl methyl sites for hydroxylation is 1. The minimum atomic E-state index is 0. The van der Waals surface area contributed by atoms with Gasteiger partial charge in [0.25, 0.3) is 0 Å². The number of hydrogen-bond donors (Lipinski definition) is 2. The molecule has 0 amide bonds. The predicted molar refractivity (Wildman–Crippen MR) is 101 cm³/mol. The van der Waals surface area contributed by atoms with E-state index in [1.165, 1.54) is 5.56 Å². The van der Waals surface area contributed by atoms with Crippen molar-refractivity contribution in [1.29, 1.82) is 0 Å². The van der Waals surface area contributed by atoms with Gasteiger partial charge in [-0.05, 0) is 32.0 Å². The van der Waals surface area contributed by atoms with Gasteiger partial charge in [0.05, 0.1) is 12.2 Å². The molecule has 0 saturated heterocycles. The van der Waals surface area contributed by atoms with Crippen LogP contribution in [0.5, 0.6) is 0 Å². The van der Waals surface area contributed by atoms with Crippen LogP contribution in [-0.2, 0) is 19.4 Å². The van der Waals surface area contributed by atoms with Gasteiger partial charge in [-0.1, -0.05) is 5.16 Å². The molecule has 0 atom stereocenters. The Bertz CT molecular complexity index is 867. The zero-order chi connectivity index (χ0) is 17.1. The highest BCUT2D eigenvalue weighted by Crippen LogP contribution is 2.24. The minimum absolute atomic E-state index is 0. The Balaban J connectivity index is 0.00000196. The van der Waals surface area contributed by atoms with E-state index in [-0.39, 0.29) is 12.4 Å². The molecular formula is C18H21ClN6O. The number of nitrogens with one attached hydrogen (secondary N) is 2. The summed E-state index contributed by atoms with van der Waals surface area (Å²) in [6, 6.07) is 5.81. The molecule has 8 heteroatoms. The Kier molecular flexibility index (Phi) is 5.80. The molecule has 4 heterocycles. The second-order valence-corrected chi connectivity index (χ2v) is 6.10. The lowest BCUT2D eigenvalue weighted by atomic mass is 10.1. The summed E-state index contributed by atoms with van der Waals surface area (Å²) >= 11 is 0. The maximum atomic E-state index is 5.14. The lowest BCUT2D eigenvalue weighted by Gasteiger charge is -2.14. The Morgan fingerprint density at radius 2 is 2.12 bits per heavy atom. The summed E-state index contributed by atoms with van der Waals surface area (Å²) in [5, 5.41) is 10.9. The molecule has 0 aromatic carbocycles. The summed E-state index contributed by atoms with van der Waals surface area (Å²) in [6.07, 6.45) is 5.34. The monoisotopic (exact) mass is 372 g/mol. The van der Waals surface area contributed by atoms with Gasteiger partial charge >= 0.3 is 0 Å². The lowest BCUT2D eigenvalue weighted by Crippen LogP contribution is -2.16. The van der Waals surface area contributed by atoms with Gasteiger partial charge in [0.2, 0.25) is 0 Å². The van der Waals surface area contributed by atoms with E-state index in [2.05, 4.69) is 20.8 Å². The number of nitrogens with zero attached hydrogens (tertiary/aromatic N) is 4. The summed E-state index contributed by atoms with van der Waals surface area (Å²) in [7, 11) is 0. The molecule has 0 unspecified atom stereocenters. The summed E-state index contributed by atoms with van der Waals surface area (Å²) in [6.45, 7) is 4.32. The quantitative estimate of drug-likeness (QED) is 0.727. The van der Waals surface area contributed by atoms with Crippen LogP contribution in [0.2, 0.25) is 0 Å². The first-order valence-corrected chi connectivity index (χ1v) is 8.46. The van der Waals surface area contributed by atoms with E-state index in [0.29, 0.717) is 12.4 Å². The number of anilines is 1. The first-order chi connectivity index (χ1) is 12.3. The van der Waals surface area contributed by atoms with Crippen LogP contribution in [0.25, 0.3) is 11.4 Å². The van der Waals surface area contributed by atoms with Crippen molar-refractivity contribution in [2.45, 2.75) is 26.3 Å². The van der Waals surface area contributed by atoms with Crippen LogP contribution in [0.15, 0.2) is 35.1 Å². The number of fused-ring (bicyclic) bond motifs is 1. The Hall–Kier alpha value is -2.51. The van der Waals surface area contributed by atoms with Crippen molar-refractivity contribution in [2.24, 2.45) is 0 Å². The lowest BCUT2D eigenvalue weighted by molar-refractivity contribution is 0.391. The number of pyridine rings is 1. The van der Waals surface area contributed by atoms with Crippen molar-refractivity contribution in [3.63, 3.8) is 0 Å². The number of aromatic nitrogens is 4. The van der Waals surface area contributed by atoms with Crippen LogP contribution in [0.1, 0.15) is 22.7 Å². The molecule has 2 N–H and O–H groups in total. The fraction of sp³-hybridized carbons (Fsp3) is 0.333. The standard InChI is InChI=1S/C18H20N6O.ClH/c1-12-9-14(24-25-12)11-21-18-15-4-7-19-8-5-16(15)22-17(23-18)13-3-2-6-20-10-13;/h2-3,6,9-10,19H,4-5,7-8,11H2,1H3,(H,21,22,23);1H. The molecule has 0 bridgehead atoms. The van der Waals surface area contributed by atoms with Gasteiger partial charge in [-0.25, -0.2) is 9.97 Å². The second-order valence-electron chi connectivity index (χ2n) is 6.10. The summed E-state index contributed by atoms with van der Waals surface area (Å²) in [5.74, 6) is 2.37. The van der Waals surface area contributed by atoms with E-state index < -0.39 is 0 Å². The van der Waals surface area contributed by atoms with Gasteiger partial charge in [-0.15, -0.1) is 12.4 Å². The number of hydrogen-bond acceptors (Lipinski definition) is 7. The van der Waals surface area contributed by atoms with Crippen LogP contribution in [0, 0.1) is 6.92 Å². The molecule has 0 saturated carbocycles. The third-order valence-electron chi connectivity index (χ3n) is 4.22. The molecule has 0 aliphatic carbocycles. The molecule has 26 heavy (non-hydrogen) atoms. The third kappa shape index (κ3) is 4.00. The van der Waals surface area contributed by atoms with E-state index in [1.807, 2.05) is 25.1 Å². The minimum Gasteiger partial charge on any atom is -0.364 e. The highest BCUT2D eigenvalue weighted by Gasteiger charge is 2.17. The zero-order valence-corrected chi connectivity index (χ0v) is 15.3. The van der Waals surface area contributed by atoms with E-state index in [4.69, 9.17) is 14.5 Å². The maximum absolute atomic E-state index is 5.14. The van der Waals surface area contributed by atoms with Gasteiger partial charge in [0.1, 0.15) is 17.3 Å². The van der Waals surface area contributed by atoms with Crippen molar-refractivity contribution in [1.82, 2.24) is 25.4 Å². The molecule has 4 rings (SSSR count). The van der Waals surface area contributed by atoms with Gasteiger partial charge in [-0.3, -0.25) is 4.98 Å². The molecule has 136 valence electrons. The normalized spacial score (nSPS) is 13.4. The largest absolute Gasteiger partial charge is 0.364 e. The number of rotatable bonds is 4. The molecule has 0 spiro atoms. The first-order valence-electron chi connectivity index (χ1n) is 8.46. The molecular weight excluding hydrogens is 352 g/mol. The average molecular weight is 373 g/mol. The van der Waals surface area contributed by atoms with Crippen molar-refractivity contribution in [2.75, 3.05) is 18.4 Å². The smallest absolute Gasteiger partial charge is 0.163 e. The van der Waals surface area contributed by atoms with Crippen LogP contribution >= 0.6 is 12.4 Å². The zero-order valence-electron chi connectivity index (χ0n) is 14.5. The van der Waals surface area contributed by atoms with Crippen molar-refractivity contribution < 1.29 is 4.52 Å². The van der Waals surface area contributed by atoms with E-state index >= 15 is 0 Å². The third-order valence-corrected chi connectivity index (χ3v) is 4.22. The van der Waals surface area contributed by atoms with Gasteiger partial charge in [-0.2, -0.15) is 0 Å². The fourth-order valence-electron chi connectivity index (χ4n) is 2.99. The average Bonchev–Trinajstić information content (AvgIpc) is 2.91. The topological polar surface area (TPSA) is 88.8 Å². The molecule has 1 aliphatic rings. The van der Waals surface area contributed by atoms with Gasteiger partial charge < -0.3 is 15.2 Å². The Morgan fingerprint density at radius 3 is 2.88 bits per heavy atom. The molecule has 0 fully saturated rings. The summed E-state index contributed by atoms with van der Waals surface area (Å²) in [5.41, 5.74) is 4.05. The fourth-order valence-corrected chi connectivity index (χ4v) is 2.99. The molecule has 3 aromatic heterocycles. The molecule has 7 nitrogen and oxygen atoms in total. The van der Waals surface area contributed by atoms with Crippen LogP contribution in [-0.4, -0.2) is 33.2 Å². The Labute approximate surface area is 158 Å². The van der Waals surface area contributed by atoms with Crippen molar-refractivity contribution in [3.05, 3.63) is 53.3 Å². The van der Waals surface area contributed by atoms with Crippen molar-refractivity contribution >= 4 is 18.2 Å². The predicted octanol–water partition coefficient (Wildman–Crippen LogP) is 2.56. The number of halogens is 1. The van der Waals surface area contributed by atoms with Crippen LogP contribution < -0.4 is 10.6 Å². The van der Waals surface area contributed by atoms with Crippen LogP contribution in [0.3, 0.4) is 0 Å². The maximum Gasteiger partial charge on any atom is 0.163 e. The van der Waals surface area contributed by atoms with E-state index in [0.717, 1.165) is 54.5 Å². The first kappa shape index (κ1) is 18.3. The van der Waals surface area contributed by atoms with Crippen LogP contribution in [0.4, 0.5) is 5.82 Å². The molecule has 0 radical (unpaired) electrons. The SMILES string of the molecule is Cc1cc(CNc2nc(-c3cccnc3)nc3c2CCNCC3)no1.Cl. The highest BCUT2D eigenvalue weighted by molar-refractivity contribution is 5.85. The van der Waals surface area contributed by atoms with Crippen molar-refractivity contribution in [3.8, 4) is 11.4 Å². The second kappa shape index (κ2) is 8.25. The van der Waals surface area contributed by atoms with E-state index in [9.17, 15) is 0 Å². The highest BCUT2D eigenvalue weighted by atomic mass is 35.5. The Morgan fingerprint density at radius 1 is 1.23 bits per heavy atom. The van der Waals surface area contributed by atoms with Gasteiger partial charge in [0, 0.05) is 42.6 Å². The molecule has 1 aliphatic heterocycles. The van der Waals surface area contributed by atoms with Gasteiger partial charge in [0.15, 0.2) is 5.82 Å². The summed E-state index contributed by atoms with van der Waals surface area (Å²) in [4.78, 5) is 13.8.